The van der Waals surface area contributed by atoms with E-state index in [1.54, 1.807) is 25.1 Å². The van der Waals surface area contributed by atoms with Gasteiger partial charge in [-0.2, -0.15) is 0 Å². The number of aliphatic hydroxyl groups excluding tert-OH is 1. The minimum absolute atomic E-state index is 0.0756. The second kappa shape index (κ2) is 7.31. The summed E-state index contributed by atoms with van der Waals surface area (Å²) >= 11 is 0. The molecule has 0 bridgehead atoms. The molecule has 1 aromatic rings. The van der Waals surface area contributed by atoms with Crippen molar-refractivity contribution in [1.82, 2.24) is 5.32 Å². The number of hydrogen-bond acceptors (Lipinski definition) is 4. The third kappa shape index (κ3) is 5.27. The quantitative estimate of drug-likeness (QED) is 0.810. The van der Waals surface area contributed by atoms with Gasteiger partial charge < -0.3 is 19.9 Å². The van der Waals surface area contributed by atoms with Crippen molar-refractivity contribution in [3.8, 4) is 11.5 Å². The Bertz CT molecular complexity index is 483. The molecular weight excluding hydrogens is 270 g/mol. The van der Waals surface area contributed by atoms with Gasteiger partial charge in [0.25, 0.3) is 5.91 Å². The molecule has 5 nitrogen and oxygen atoms in total. The van der Waals surface area contributed by atoms with Crippen LogP contribution in [-0.4, -0.2) is 30.3 Å². The van der Waals surface area contributed by atoms with Crippen LogP contribution in [0.2, 0.25) is 0 Å². The first kappa shape index (κ1) is 17.3. The van der Waals surface area contributed by atoms with Crippen molar-refractivity contribution >= 4 is 5.91 Å². The second-order valence-corrected chi connectivity index (χ2v) is 5.66. The lowest BCUT2D eigenvalue weighted by Crippen LogP contribution is -2.44. The summed E-state index contributed by atoms with van der Waals surface area (Å²) in [5.41, 5.74) is 0.483. The van der Waals surface area contributed by atoms with E-state index >= 15 is 0 Å². The highest BCUT2D eigenvalue weighted by Gasteiger charge is 2.18. The fraction of sp³-hybridized carbons (Fsp3) is 0.562. The van der Waals surface area contributed by atoms with Crippen molar-refractivity contribution in [2.45, 2.75) is 45.8 Å². The summed E-state index contributed by atoms with van der Waals surface area (Å²) in [5, 5.41) is 12.4. The van der Waals surface area contributed by atoms with Gasteiger partial charge in [0.2, 0.25) is 0 Å². The van der Waals surface area contributed by atoms with E-state index in [1.165, 1.54) is 7.11 Å². The highest BCUT2D eigenvalue weighted by atomic mass is 16.5. The lowest BCUT2D eigenvalue weighted by molar-refractivity contribution is -0.124. The molecule has 1 unspecified atom stereocenters. The number of hydrogen-bond donors (Lipinski definition) is 2. The zero-order valence-electron chi connectivity index (χ0n) is 13.4. The topological polar surface area (TPSA) is 67.8 Å². The molecule has 1 rings (SSSR count). The van der Waals surface area contributed by atoms with E-state index in [2.05, 4.69) is 5.32 Å². The van der Waals surface area contributed by atoms with E-state index in [-0.39, 0.29) is 18.1 Å². The summed E-state index contributed by atoms with van der Waals surface area (Å²) in [7, 11) is 1.52. The molecule has 118 valence electrons. The van der Waals surface area contributed by atoms with Crippen molar-refractivity contribution in [3.63, 3.8) is 0 Å². The zero-order valence-corrected chi connectivity index (χ0v) is 13.4. The second-order valence-electron chi connectivity index (χ2n) is 5.66. The highest BCUT2D eigenvalue weighted by Crippen LogP contribution is 2.30. The smallest absolute Gasteiger partial charge is 0.258 e. The molecule has 2 N–H and O–H groups in total. The van der Waals surface area contributed by atoms with Crippen LogP contribution in [0.5, 0.6) is 11.5 Å². The largest absolute Gasteiger partial charge is 0.493 e. The number of benzene rings is 1. The number of carbonyl (C=O) groups is 1. The summed E-state index contributed by atoms with van der Waals surface area (Å²) < 4.78 is 10.7. The lowest BCUT2D eigenvalue weighted by atomic mass is 10.0. The van der Waals surface area contributed by atoms with Crippen LogP contribution >= 0.6 is 0 Å². The molecule has 1 atom stereocenters. The van der Waals surface area contributed by atoms with Gasteiger partial charge in [-0.25, -0.2) is 0 Å². The Morgan fingerprint density at radius 3 is 2.57 bits per heavy atom. The molecule has 0 heterocycles. The molecule has 0 saturated heterocycles. The van der Waals surface area contributed by atoms with E-state index in [1.807, 2.05) is 20.8 Å². The molecule has 0 radical (unpaired) electrons. The number of ether oxygens (including phenoxy) is 2. The van der Waals surface area contributed by atoms with Crippen LogP contribution < -0.4 is 14.8 Å². The molecule has 5 heteroatoms. The Morgan fingerprint density at radius 1 is 1.38 bits per heavy atom. The fourth-order valence-corrected chi connectivity index (χ4v) is 1.71. The predicted octanol–water partition coefficient (Wildman–Crippen LogP) is 2.43. The van der Waals surface area contributed by atoms with Crippen LogP contribution in [0, 0.1) is 0 Å². The number of aliphatic hydroxyl groups is 1. The minimum Gasteiger partial charge on any atom is -0.493 e. The van der Waals surface area contributed by atoms with Crippen LogP contribution in [0.15, 0.2) is 18.2 Å². The van der Waals surface area contributed by atoms with Crippen molar-refractivity contribution in [1.29, 1.82) is 0 Å². The van der Waals surface area contributed by atoms with Gasteiger partial charge in [0.15, 0.2) is 18.1 Å². The van der Waals surface area contributed by atoms with Crippen LogP contribution in [0.3, 0.4) is 0 Å². The average molecular weight is 295 g/mol. The van der Waals surface area contributed by atoms with Crippen LogP contribution in [0.4, 0.5) is 0 Å². The van der Waals surface area contributed by atoms with Crippen molar-refractivity contribution < 1.29 is 19.4 Å². The molecule has 1 aromatic carbocycles. The van der Waals surface area contributed by atoms with Gasteiger partial charge in [-0.15, -0.1) is 0 Å². The maximum Gasteiger partial charge on any atom is 0.258 e. The SMILES string of the molecule is CCC(C)(C)NC(=O)COc1ccc(C(C)O)cc1OC. The van der Waals surface area contributed by atoms with E-state index in [4.69, 9.17) is 9.47 Å². The van der Waals surface area contributed by atoms with Crippen LogP contribution in [0.25, 0.3) is 0 Å². The van der Waals surface area contributed by atoms with Gasteiger partial charge in [-0.3, -0.25) is 4.79 Å². The first-order valence-corrected chi connectivity index (χ1v) is 7.09. The normalized spacial score (nSPS) is 12.7. The van der Waals surface area contributed by atoms with Crippen LogP contribution in [0.1, 0.15) is 45.8 Å². The maximum atomic E-state index is 11.8. The van der Waals surface area contributed by atoms with Crippen molar-refractivity contribution in [2.24, 2.45) is 0 Å². The Balaban J connectivity index is 2.69. The van der Waals surface area contributed by atoms with E-state index < -0.39 is 6.10 Å². The standard InChI is InChI=1S/C16H25NO4/c1-6-16(3,4)17-15(19)10-21-13-8-7-12(11(2)18)9-14(13)20-5/h7-9,11,18H,6,10H2,1-5H3,(H,17,19). The zero-order chi connectivity index (χ0) is 16.0. The van der Waals surface area contributed by atoms with Gasteiger partial charge in [-0.05, 0) is 44.9 Å². The van der Waals surface area contributed by atoms with Gasteiger partial charge in [0, 0.05) is 5.54 Å². The summed E-state index contributed by atoms with van der Waals surface area (Å²) in [6, 6.07) is 5.14. The maximum absolute atomic E-state index is 11.8. The number of rotatable bonds is 7. The summed E-state index contributed by atoms with van der Waals surface area (Å²) in [6.07, 6.45) is 0.257. The molecule has 1 amide bonds. The molecule has 0 spiro atoms. The highest BCUT2D eigenvalue weighted by molar-refractivity contribution is 5.78. The molecule has 21 heavy (non-hydrogen) atoms. The van der Waals surface area contributed by atoms with Gasteiger partial charge in [0.1, 0.15) is 0 Å². The molecule has 0 aromatic heterocycles. The Labute approximate surface area is 126 Å². The molecular formula is C16H25NO4. The summed E-state index contributed by atoms with van der Waals surface area (Å²) in [6.45, 7) is 7.54. The molecule has 0 aliphatic heterocycles. The predicted molar refractivity (Wildman–Crippen MR) is 81.6 cm³/mol. The van der Waals surface area contributed by atoms with Crippen molar-refractivity contribution in [3.05, 3.63) is 23.8 Å². The number of nitrogens with one attached hydrogen (secondary N) is 1. The molecule has 0 saturated carbocycles. The monoisotopic (exact) mass is 295 g/mol. The van der Waals surface area contributed by atoms with Gasteiger partial charge in [-0.1, -0.05) is 13.0 Å². The van der Waals surface area contributed by atoms with E-state index in [0.717, 1.165) is 12.0 Å². The van der Waals surface area contributed by atoms with E-state index in [9.17, 15) is 9.90 Å². The minimum atomic E-state index is -0.582. The number of carbonyl (C=O) groups excluding carboxylic acids is 1. The Kier molecular flexibility index (Phi) is 6.03. The summed E-state index contributed by atoms with van der Waals surface area (Å²) in [4.78, 5) is 11.8. The van der Waals surface area contributed by atoms with Gasteiger partial charge >= 0.3 is 0 Å². The Morgan fingerprint density at radius 2 is 2.05 bits per heavy atom. The molecule has 0 aliphatic carbocycles. The molecule has 0 aliphatic rings. The molecule has 0 fully saturated rings. The average Bonchev–Trinajstić information content (AvgIpc) is 2.44. The fourth-order valence-electron chi connectivity index (χ4n) is 1.71. The van der Waals surface area contributed by atoms with Crippen molar-refractivity contribution in [2.75, 3.05) is 13.7 Å². The lowest BCUT2D eigenvalue weighted by Gasteiger charge is -2.24. The summed E-state index contributed by atoms with van der Waals surface area (Å²) in [5.74, 6) is 0.797. The third-order valence-electron chi connectivity index (χ3n) is 3.39. The van der Waals surface area contributed by atoms with E-state index in [0.29, 0.717) is 11.5 Å². The number of amides is 1. The number of methoxy groups -OCH3 is 1. The first-order valence-electron chi connectivity index (χ1n) is 7.09. The Hall–Kier alpha value is -1.75. The first-order chi connectivity index (χ1) is 9.79. The van der Waals surface area contributed by atoms with Crippen LogP contribution in [-0.2, 0) is 4.79 Å². The van der Waals surface area contributed by atoms with Gasteiger partial charge in [0.05, 0.1) is 13.2 Å². The third-order valence-corrected chi connectivity index (χ3v) is 3.39.